The van der Waals surface area contributed by atoms with Crippen molar-refractivity contribution >= 4 is 17.3 Å². The largest absolute Gasteiger partial charge is 0.399 e. The molecule has 1 aliphatic heterocycles. The van der Waals surface area contributed by atoms with Crippen LogP contribution in [0.3, 0.4) is 0 Å². The van der Waals surface area contributed by atoms with E-state index in [1.54, 1.807) is 12.0 Å². The molecule has 0 spiro atoms. The summed E-state index contributed by atoms with van der Waals surface area (Å²) in [6, 6.07) is 5.68. The van der Waals surface area contributed by atoms with Crippen molar-refractivity contribution in [3.05, 3.63) is 23.8 Å². The molecular weight excluding hydrogens is 232 g/mol. The van der Waals surface area contributed by atoms with Gasteiger partial charge in [0.25, 0.3) is 5.91 Å². The van der Waals surface area contributed by atoms with E-state index < -0.39 is 0 Å². The average Bonchev–Trinajstić information content (AvgIpc) is 2.77. The molecule has 1 aromatic rings. The molecule has 1 heterocycles. The molecule has 2 rings (SSSR count). The first-order valence-electron chi connectivity index (χ1n) is 5.98. The van der Waals surface area contributed by atoms with Crippen LogP contribution in [0.2, 0.25) is 0 Å². The number of benzene rings is 1. The molecule has 0 fully saturated rings. The molecule has 1 aromatic carbocycles. The summed E-state index contributed by atoms with van der Waals surface area (Å²) in [6.45, 7) is 1.71. The van der Waals surface area contributed by atoms with Crippen LogP contribution in [-0.4, -0.2) is 39.4 Å². The van der Waals surface area contributed by atoms with Gasteiger partial charge in [0, 0.05) is 25.0 Å². The fourth-order valence-electron chi connectivity index (χ4n) is 2.03. The molecule has 1 aliphatic rings. The van der Waals surface area contributed by atoms with E-state index in [9.17, 15) is 4.79 Å². The second-order valence-corrected chi connectivity index (χ2v) is 4.23. The van der Waals surface area contributed by atoms with E-state index in [2.05, 4.69) is 0 Å². The maximum atomic E-state index is 12.0. The Morgan fingerprint density at radius 3 is 3.06 bits per heavy atom. The molecule has 0 unspecified atom stereocenters. The van der Waals surface area contributed by atoms with Crippen molar-refractivity contribution in [1.82, 2.24) is 0 Å². The minimum atomic E-state index is -0.0320. The molecule has 0 radical (unpaired) electrons. The molecule has 5 nitrogen and oxygen atoms in total. The number of hydrogen-bond donors (Lipinski definition) is 1. The van der Waals surface area contributed by atoms with Crippen molar-refractivity contribution in [1.29, 1.82) is 0 Å². The van der Waals surface area contributed by atoms with Crippen LogP contribution in [-0.2, 0) is 20.7 Å². The quantitative estimate of drug-likeness (QED) is 0.620. The third-order valence-electron chi connectivity index (χ3n) is 2.96. The fourth-order valence-corrected chi connectivity index (χ4v) is 2.03. The maximum Gasteiger partial charge on any atom is 0.252 e. The van der Waals surface area contributed by atoms with Crippen LogP contribution in [0.4, 0.5) is 11.4 Å². The van der Waals surface area contributed by atoms with Gasteiger partial charge in [-0.1, -0.05) is 6.07 Å². The summed E-state index contributed by atoms with van der Waals surface area (Å²) in [5.41, 5.74) is 8.50. The summed E-state index contributed by atoms with van der Waals surface area (Å²) in [5.74, 6) is -0.0320. The number of ether oxygens (including phenoxy) is 2. The third kappa shape index (κ3) is 2.80. The van der Waals surface area contributed by atoms with Gasteiger partial charge in [-0.25, -0.2) is 0 Å². The second-order valence-electron chi connectivity index (χ2n) is 4.23. The monoisotopic (exact) mass is 250 g/mol. The predicted molar refractivity (Wildman–Crippen MR) is 69.6 cm³/mol. The molecule has 5 heteroatoms. The van der Waals surface area contributed by atoms with Crippen LogP contribution in [0.15, 0.2) is 18.2 Å². The Kier molecular flexibility index (Phi) is 4.17. The van der Waals surface area contributed by atoms with Gasteiger partial charge in [0.05, 0.1) is 13.2 Å². The van der Waals surface area contributed by atoms with E-state index in [4.69, 9.17) is 15.2 Å². The molecular formula is C13H18N2O3. The van der Waals surface area contributed by atoms with Crippen LogP contribution in [0.25, 0.3) is 0 Å². The lowest BCUT2D eigenvalue weighted by atomic mass is 10.1. The summed E-state index contributed by atoms with van der Waals surface area (Å²) >= 11 is 0. The lowest BCUT2D eigenvalue weighted by Crippen LogP contribution is -2.32. The van der Waals surface area contributed by atoms with Crippen LogP contribution < -0.4 is 10.6 Å². The maximum absolute atomic E-state index is 12.0. The molecule has 1 amide bonds. The summed E-state index contributed by atoms with van der Waals surface area (Å²) in [7, 11) is 1.60. The van der Waals surface area contributed by atoms with E-state index in [0.717, 1.165) is 17.7 Å². The van der Waals surface area contributed by atoms with Crippen molar-refractivity contribution in [3.8, 4) is 0 Å². The number of methoxy groups -OCH3 is 1. The number of nitrogen functional groups attached to an aromatic ring is 1. The van der Waals surface area contributed by atoms with Crippen molar-refractivity contribution in [2.24, 2.45) is 0 Å². The number of fused-ring (bicyclic) bond motifs is 1. The predicted octanol–water partition coefficient (Wildman–Crippen LogP) is 0.821. The smallest absolute Gasteiger partial charge is 0.252 e. The minimum absolute atomic E-state index is 0.0320. The molecule has 18 heavy (non-hydrogen) atoms. The number of nitrogens with zero attached hydrogens (tertiary/aromatic N) is 1. The van der Waals surface area contributed by atoms with Gasteiger partial charge in [0.15, 0.2) is 0 Å². The number of anilines is 2. The van der Waals surface area contributed by atoms with E-state index in [0.29, 0.717) is 25.4 Å². The van der Waals surface area contributed by atoms with Crippen molar-refractivity contribution < 1.29 is 14.3 Å². The number of nitrogens with two attached hydrogens (primary N) is 1. The highest BCUT2D eigenvalue weighted by Gasteiger charge is 2.24. The zero-order valence-corrected chi connectivity index (χ0v) is 10.5. The van der Waals surface area contributed by atoms with E-state index in [1.807, 2.05) is 18.2 Å². The Hall–Kier alpha value is -1.59. The lowest BCUT2D eigenvalue weighted by molar-refractivity contribution is -0.123. The van der Waals surface area contributed by atoms with E-state index in [1.165, 1.54) is 0 Å². The van der Waals surface area contributed by atoms with Crippen LogP contribution in [0.5, 0.6) is 0 Å². The topological polar surface area (TPSA) is 64.8 Å². The molecule has 0 aliphatic carbocycles. The SMILES string of the molecule is COCCOCC(=O)N1CCc2ccc(N)cc21. The Bertz CT molecular complexity index is 434. The van der Waals surface area contributed by atoms with Gasteiger partial charge < -0.3 is 20.1 Å². The second kappa shape index (κ2) is 5.84. The van der Waals surface area contributed by atoms with Crippen molar-refractivity contribution in [2.75, 3.05) is 44.1 Å². The van der Waals surface area contributed by atoms with Crippen LogP contribution >= 0.6 is 0 Å². The first-order chi connectivity index (χ1) is 8.72. The van der Waals surface area contributed by atoms with Crippen LogP contribution in [0.1, 0.15) is 5.56 Å². The standard InChI is InChI=1S/C13H18N2O3/c1-17-6-7-18-9-13(16)15-5-4-10-2-3-11(14)8-12(10)15/h2-3,8H,4-7,9,14H2,1H3. The summed E-state index contributed by atoms with van der Waals surface area (Å²) < 4.78 is 10.1. The number of carbonyl (C=O) groups excluding carboxylic acids is 1. The molecule has 0 saturated heterocycles. The molecule has 0 aromatic heterocycles. The van der Waals surface area contributed by atoms with E-state index in [-0.39, 0.29) is 12.5 Å². The number of carbonyl (C=O) groups is 1. The highest BCUT2D eigenvalue weighted by Crippen LogP contribution is 2.29. The third-order valence-corrected chi connectivity index (χ3v) is 2.96. The van der Waals surface area contributed by atoms with Gasteiger partial charge in [-0.3, -0.25) is 4.79 Å². The number of amides is 1. The fraction of sp³-hybridized carbons (Fsp3) is 0.462. The molecule has 0 atom stereocenters. The van der Waals surface area contributed by atoms with Gasteiger partial charge in [-0.05, 0) is 24.1 Å². The van der Waals surface area contributed by atoms with Gasteiger partial charge in [0.2, 0.25) is 0 Å². The highest BCUT2D eigenvalue weighted by atomic mass is 16.5. The summed E-state index contributed by atoms with van der Waals surface area (Å²) in [5, 5.41) is 0. The van der Waals surface area contributed by atoms with Gasteiger partial charge in [0.1, 0.15) is 6.61 Å². The minimum Gasteiger partial charge on any atom is -0.399 e. The first kappa shape index (κ1) is 12.9. The Morgan fingerprint density at radius 1 is 1.44 bits per heavy atom. The number of rotatable bonds is 5. The van der Waals surface area contributed by atoms with Crippen molar-refractivity contribution in [3.63, 3.8) is 0 Å². The summed E-state index contributed by atoms with van der Waals surface area (Å²) in [6.07, 6.45) is 0.874. The van der Waals surface area contributed by atoms with E-state index >= 15 is 0 Å². The normalized spacial score (nSPS) is 13.7. The van der Waals surface area contributed by atoms with Crippen LogP contribution in [0, 0.1) is 0 Å². The average molecular weight is 250 g/mol. The Balaban J connectivity index is 1.95. The highest BCUT2D eigenvalue weighted by molar-refractivity contribution is 5.96. The van der Waals surface area contributed by atoms with Gasteiger partial charge >= 0.3 is 0 Å². The number of hydrogen-bond acceptors (Lipinski definition) is 4. The van der Waals surface area contributed by atoms with Gasteiger partial charge in [-0.15, -0.1) is 0 Å². The van der Waals surface area contributed by atoms with Crippen molar-refractivity contribution in [2.45, 2.75) is 6.42 Å². The first-order valence-corrected chi connectivity index (χ1v) is 5.98. The van der Waals surface area contributed by atoms with Gasteiger partial charge in [-0.2, -0.15) is 0 Å². The molecule has 0 saturated carbocycles. The lowest BCUT2D eigenvalue weighted by Gasteiger charge is -2.17. The molecule has 0 bridgehead atoms. The Labute approximate surface area is 106 Å². The molecule has 2 N–H and O–H groups in total. The zero-order chi connectivity index (χ0) is 13.0. The zero-order valence-electron chi connectivity index (χ0n) is 10.5. The molecule has 98 valence electrons. The Morgan fingerprint density at radius 2 is 2.28 bits per heavy atom. The summed E-state index contributed by atoms with van der Waals surface area (Å²) in [4.78, 5) is 13.7.